The maximum Gasteiger partial charge on any atom is 0.168 e. The van der Waals surface area contributed by atoms with E-state index in [0.717, 1.165) is 24.8 Å². The monoisotopic (exact) mass is 320 g/mol. The number of aliphatic hydroxyl groups is 1. The Morgan fingerprint density at radius 3 is 2.35 bits per heavy atom. The highest BCUT2D eigenvalue weighted by Crippen LogP contribution is 2.37. The maximum absolute atomic E-state index is 12.0. The van der Waals surface area contributed by atoms with Gasteiger partial charge in [0.05, 0.1) is 11.2 Å². The Hall–Kier alpha value is -1.19. The highest BCUT2D eigenvalue weighted by atomic mass is 16.6. The van der Waals surface area contributed by atoms with Crippen LogP contribution in [0.5, 0.6) is 0 Å². The van der Waals surface area contributed by atoms with Gasteiger partial charge in [-0.1, -0.05) is 29.4 Å². The van der Waals surface area contributed by atoms with E-state index < -0.39 is 5.60 Å². The molecule has 2 atom stereocenters. The van der Waals surface area contributed by atoms with Gasteiger partial charge in [0.1, 0.15) is 6.10 Å². The summed E-state index contributed by atoms with van der Waals surface area (Å²) in [6.45, 7) is 13.4. The van der Waals surface area contributed by atoms with Crippen molar-refractivity contribution in [2.75, 3.05) is 0 Å². The van der Waals surface area contributed by atoms with E-state index in [1.807, 2.05) is 20.8 Å². The molecule has 1 heterocycles. The van der Waals surface area contributed by atoms with E-state index in [2.05, 4.69) is 25.7 Å². The molecule has 0 aromatic heterocycles. The van der Waals surface area contributed by atoms with Crippen LogP contribution in [0.4, 0.5) is 0 Å². The zero-order valence-electron chi connectivity index (χ0n) is 15.3. The molecule has 1 aliphatic heterocycles. The molecule has 0 spiro atoms. The number of hydrogen-bond donors (Lipinski definition) is 1. The van der Waals surface area contributed by atoms with E-state index in [4.69, 9.17) is 4.74 Å². The first-order valence-electron chi connectivity index (χ1n) is 8.45. The lowest BCUT2D eigenvalue weighted by Gasteiger charge is -2.16. The van der Waals surface area contributed by atoms with Crippen molar-refractivity contribution in [3.63, 3.8) is 0 Å². The number of Topliss-reactive ketones (excluding diaryl/α,β-unsaturated/α-hetero) is 1. The normalized spacial score (nSPS) is 23.3. The molecule has 1 aliphatic rings. The van der Waals surface area contributed by atoms with Gasteiger partial charge in [-0.15, -0.1) is 6.58 Å². The molecule has 130 valence electrons. The Morgan fingerprint density at radius 1 is 1.26 bits per heavy atom. The van der Waals surface area contributed by atoms with Gasteiger partial charge < -0.3 is 9.84 Å². The van der Waals surface area contributed by atoms with Gasteiger partial charge in [-0.2, -0.15) is 0 Å². The fourth-order valence-corrected chi connectivity index (χ4v) is 2.52. The summed E-state index contributed by atoms with van der Waals surface area (Å²) >= 11 is 0. The van der Waals surface area contributed by atoms with Crippen molar-refractivity contribution in [2.24, 2.45) is 0 Å². The van der Waals surface area contributed by atoms with Crippen molar-refractivity contribution in [1.82, 2.24) is 0 Å². The van der Waals surface area contributed by atoms with Crippen LogP contribution in [-0.4, -0.2) is 28.2 Å². The minimum absolute atomic E-state index is 0.183. The third-order valence-electron chi connectivity index (χ3n) is 4.36. The Labute approximate surface area is 141 Å². The second kappa shape index (κ2) is 8.07. The number of allylic oxidation sites excluding steroid dienone is 4. The smallest absolute Gasteiger partial charge is 0.168 e. The number of carbonyl (C=O) groups is 1. The average Bonchev–Trinajstić information content (AvgIpc) is 3.07. The molecule has 0 amide bonds. The zero-order chi connectivity index (χ0) is 17.7. The Kier molecular flexibility index (Phi) is 6.97. The molecule has 1 N–H and O–H groups in total. The van der Waals surface area contributed by atoms with E-state index in [1.54, 1.807) is 13.0 Å². The molecule has 0 unspecified atom stereocenters. The molecule has 0 aliphatic carbocycles. The topological polar surface area (TPSA) is 49.8 Å². The van der Waals surface area contributed by atoms with Crippen LogP contribution in [0, 0.1) is 0 Å². The highest BCUT2D eigenvalue weighted by Gasteiger charge is 2.52. The molecule has 1 fully saturated rings. The molecule has 0 aromatic carbocycles. The fourth-order valence-electron chi connectivity index (χ4n) is 2.52. The van der Waals surface area contributed by atoms with Crippen molar-refractivity contribution >= 4 is 5.78 Å². The van der Waals surface area contributed by atoms with Crippen molar-refractivity contribution in [3.05, 3.63) is 36.0 Å². The summed E-state index contributed by atoms with van der Waals surface area (Å²) in [7, 11) is 0. The quantitative estimate of drug-likeness (QED) is 0.476. The molecule has 0 radical (unpaired) electrons. The lowest BCUT2D eigenvalue weighted by atomic mass is 9.98. The minimum atomic E-state index is -0.785. The third kappa shape index (κ3) is 7.28. The van der Waals surface area contributed by atoms with Gasteiger partial charge in [0.15, 0.2) is 5.78 Å². The highest BCUT2D eigenvalue weighted by molar-refractivity contribution is 5.88. The van der Waals surface area contributed by atoms with Crippen LogP contribution in [-0.2, 0) is 9.53 Å². The number of ketones is 1. The van der Waals surface area contributed by atoms with E-state index in [-0.39, 0.29) is 17.5 Å². The third-order valence-corrected chi connectivity index (χ3v) is 4.36. The van der Waals surface area contributed by atoms with E-state index >= 15 is 0 Å². The van der Waals surface area contributed by atoms with Gasteiger partial charge in [0, 0.05) is 6.42 Å². The number of rotatable bonds is 10. The van der Waals surface area contributed by atoms with E-state index in [1.165, 1.54) is 5.57 Å². The van der Waals surface area contributed by atoms with E-state index in [9.17, 15) is 9.90 Å². The largest absolute Gasteiger partial charge is 0.386 e. The Bertz CT molecular complexity index is 495. The van der Waals surface area contributed by atoms with Gasteiger partial charge in [-0.25, -0.2) is 0 Å². The van der Waals surface area contributed by atoms with Crippen LogP contribution in [0.3, 0.4) is 0 Å². The second-order valence-electron chi connectivity index (χ2n) is 7.48. The number of ether oxygens (including phenoxy) is 1. The van der Waals surface area contributed by atoms with Crippen LogP contribution >= 0.6 is 0 Å². The first-order chi connectivity index (χ1) is 10.6. The van der Waals surface area contributed by atoms with Gasteiger partial charge in [-0.3, -0.25) is 4.79 Å². The van der Waals surface area contributed by atoms with Gasteiger partial charge >= 0.3 is 0 Å². The van der Waals surface area contributed by atoms with Gasteiger partial charge in [-0.05, 0) is 60.3 Å². The number of epoxide rings is 1. The Morgan fingerprint density at radius 2 is 1.83 bits per heavy atom. The van der Waals surface area contributed by atoms with Crippen LogP contribution < -0.4 is 0 Å². The SMILES string of the molecule is C=C[C@@](C)(O)CC/C=C(\C)CC/C=C(\C)CC(=O)[C@H]1OC1(C)C. The van der Waals surface area contributed by atoms with Crippen molar-refractivity contribution in [2.45, 2.75) is 84.0 Å². The maximum atomic E-state index is 12.0. The molecule has 0 bridgehead atoms. The molecule has 0 aromatic rings. The first-order valence-corrected chi connectivity index (χ1v) is 8.45. The standard InChI is InChI=1S/C20H32O3/c1-7-20(6,22)13-9-12-15(2)10-8-11-16(3)14-17(21)18-19(4,5)23-18/h7,11-12,18,22H,1,8-10,13-14H2,2-6H3/b15-12+,16-11+/t18-,20-/m1/s1. The van der Waals surface area contributed by atoms with Gasteiger partial charge in [0.25, 0.3) is 0 Å². The summed E-state index contributed by atoms with van der Waals surface area (Å²) in [5.41, 5.74) is 1.38. The zero-order valence-corrected chi connectivity index (χ0v) is 15.3. The summed E-state index contributed by atoms with van der Waals surface area (Å²) < 4.78 is 5.38. The molecular formula is C20H32O3. The molecule has 0 saturated carbocycles. The summed E-state index contributed by atoms with van der Waals surface area (Å²) in [5, 5.41) is 9.86. The molecule has 3 nitrogen and oxygen atoms in total. The van der Waals surface area contributed by atoms with Crippen LogP contribution in [0.15, 0.2) is 36.0 Å². The molecular weight excluding hydrogens is 288 g/mol. The number of hydrogen-bond acceptors (Lipinski definition) is 3. The molecule has 3 heteroatoms. The average molecular weight is 320 g/mol. The first kappa shape index (κ1) is 19.9. The van der Waals surface area contributed by atoms with E-state index in [0.29, 0.717) is 12.8 Å². The fraction of sp³-hybridized carbons (Fsp3) is 0.650. The molecule has 1 saturated heterocycles. The molecule has 1 rings (SSSR count). The van der Waals surface area contributed by atoms with Crippen molar-refractivity contribution in [1.29, 1.82) is 0 Å². The van der Waals surface area contributed by atoms with Crippen LogP contribution in [0.25, 0.3) is 0 Å². The Balaban J connectivity index is 2.28. The second-order valence-corrected chi connectivity index (χ2v) is 7.48. The van der Waals surface area contributed by atoms with Crippen molar-refractivity contribution in [3.8, 4) is 0 Å². The van der Waals surface area contributed by atoms with Crippen molar-refractivity contribution < 1.29 is 14.6 Å². The minimum Gasteiger partial charge on any atom is -0.386 e. The van der Waals surface area contributed by atoms with Crippen LogP contribution in [0.2, 0.25) is 0 Å². The lowest BCUT2D eigenvalue weighted by molar-refractivity contribution is -0.119. The predicted molar refractivity (Wildman–Crippen MR) is 95.4 cm³/mol. The predicted octanol–water partition coefficient (Wildman–Crippen LogP) is 4.51. The summed E-state index contributed by atoms with van der Waals surface area (Å²) in [6.07, 6.45) is 9.63. The van der Waals surface area contributed by atoms with Crippen LogP contribution in [0.1, 0.15) is 66.7 Å². The molecule has 23 heavy (non-hydrogen) atoms. The lowest BCUT2D eigenvalue weighted by Crippen LogP contribution is -2.19. The summed E-state index contributed by atoms with van der Waals surface area (Å²) in [6, 6.07) is 0. The summed E-state index contributed by atoms with van der Waals surface area (Å²) in [4.78, 5) is 12.0. The summed E-state index contributed by atoms with van der Waals surface area (Å²) in [5.74, 6) is 0.183. The number of carbonyl (C=O) groups excluding carboxylic acids is 1. The van der Waals surface area contributed by atoms with Gasteiger partial charge in [0.2, 0.25) is 0 Å².